The molecule has 3 heteroatoms. The Bertz CT molecular complexity index is 3250. The Hall–Kier alpha value is -7.88. The predicted molar refractivity (Wildman–Crippen MR) is 249 cm³/mol. The van der Waals surface area contributed by atoms with Gasteiger partial charge in [-0.2, -0.15) is 0 Å². The molecule has 11 aromatic rings. The van der Waals surface area contributed by atoms with Gasteiger partial charge in [0.2, 0.25) is 0 Å². The van der Waals surface area contributed by atoms with Crippen LogP contribution in [0.3, 0.4) is 0 Å². The van der Waals surface area contributed by atoms with Crippen LogP contribution in [-0.2, 0) is 0 Å². The summed E-state index contributed by atoms with van der Waals surface area (Å²) >= 11 is 0. The fraction of sp³-hybridized carbons (Fsp3) is 0. The average Bonchev–Trinajstić information content (AvgIpc) is 3.69. The monoisotopic (exact) mass is 754 g/mol. The Labute approximate surface area is 343 Å². The summed E-state index contributed by atoms with van der Waals surface area (Å²) in [6.45, 7) is 0. The molecule has 0 spiro atoms. The third-order valence-corrected chi connectivity index (χ3v) is 11.4. The van der Waals surface area contributed by atoms with Gasteiger partial charge in [-0.15, -0.1) is 0 Å². The smallest absolute Gasteiger partial charge is 0.137 e. The fourth-order valence-corrected chi connectivity index (χ4v) is 8.57. The molecule has 0 amide bonds. The quantitative estimate of drug-likeness (QED) is 0.154. The lowest BCUT2D eigenvalue weighted by atomic mass is 9.98. The number of nitrogens with zero attached hydrogens (tertiary/aromatic N) is 2. The lowest BCUT2D eigenvalue weighted by Crippen LogP contribution is -2.10. The molecule has 0 atom stereocenters. The molecule has 0 radical (unpaired) electrons. The molecule has 10 aromatic carbocycles. The normalized spacial score (nSPS) is 11.4. The zero-order valence-electron chi connectivity index (χ0n) is 32.2. The van der Waals surface area contributed by atoms with Crippen molar-refractivity contribution < 1.29 is 4.42 Å². The molecule has 0 aliphatic carbocycles. The van der Waals surface area contributed by atoms with E-state index < -0.39 is 0 Å². The number of rotatable bonds is 8. The number of furan rings is 1. The minimum absolute atomic E-state index is 0.870. The summed E-state index contributed by atoms with van der Waals surface area (Å²) in [5, 5.41) is 7.07. The summed E-state index contributed by atoms with van der Waals surface area (Å²) in [6.07, 6.45) is 0. The Morgan fingerprint density at radius 1 is 0.271 bits per heavy atom. The molecular weight excluding hydrogens is 717 g/mol. The topological polar surface area (TPSA) is 19.6 Å². The molecule has 3 nitrogen and oxygen atoms in total. The third kappa shape index (κ3) is 6.26. The van der Waals surface area contributed by atoms with Gasteiger partial charge in [0, 0.05) is 50.7 Å². The van der Waals surface area contributed by atoms with Crippen LogP contribution in [0.1, 0.15) is 0 Å². The van der Waals surface area contributed by atoms with Gasteiger partial charge in [-0.05, 0) is 117 Å². The Kier molecular flexibility index (Phi) is 8.49. The predicted octanol–water partition coefficient (Wildman–Crippen LogP) is 16.2. The van der Waals surface area contributed by atoms with Gasteiger partial charge in [-0.1, -0.05) is 146 Å². The lowest BCUT2D eigenvalue weighted by Gasteiger charge is -2.27. The molecule has 0 aliphatic rings. The zero-order valence-corrected chi connectivity index (χ0v) is 32.2. The Balaban J connectivity index is 0.975. The van der Waals surface area contributed by atoms with Crippen molar-refractivity contribution in [1.82, 2.24) is 0 Å². The highest BCUT2D eigenvalue weighted by molar-refractivity contribution is 6.19. The summed E-state index contributed by atoms with van der Waals surface area (Å²) in [5.74, 6) is 0. The van der Waals surface area contributed by atoms with E-state index in [0.29, 0.717) is 0 Å². The van der Waals surface area contributed by atoms with Crippen molar-refractivity contribution in [2.24, 2.45) is 0 Å². The van der Waals surface area contributed by atoms with Crippen LogP contribution in [0.2, 0.25) is 0 Å². The van der Waals surface area contributed by atoms with Crippen LogP contribution >= 0.6 is 0 Å². The fourth-order valence-electron chi connectivity index (χ4n) is 8.57. The molecule has 278 valence electrons. The standard InChI is InChI=1S/C56H38N2O/c1-4-13-39(14-5-1)40-25-32-48(33-26-40)58(46-19-8-3-9-20-46)53-22-12-16-43-23-24-44(37-52(43)53)41-27-30-47(31-28-41)57(45-17-6-2-7-18-45)49-34-35-51-55(38-49)59-54-36-29-42-15-10-11-21-50(42)56(51)54/h1-38H. The number of fused-ring (bicyclic) bond motifs is 6. The first kappa shape index (κ1) is 34.4. The number of hydrogen-bond donors (Lipinski definition) is 0. The number of para-hydroxylation sites is 2. The second-order valence-electron chi connectivity index (χ2n) is 15.0. The van der Waals surface area contributed by atoms with Gasteiger partial charge in [0.05, 0.1) is 5.69 Å². The van der Waals surface area contributed by atoms with Crippen LogP contribution in [0.25, 0.3) is 65.7 Å². The number of hydrogen-bond acceptors (Lipinski definition) is 3. The summed E-state index contributed by atoms with van der Waals surface area (Å²) < 4.78 is 6.51. The van der Waals surface area contributed by atoms with E-state index in [1.54, 1.807) is 0 Å². The van der Waals surface area contributed by atoms with E-state index in [9.17, 15) is 0 Å². The maximum absolute atomic E-state index is 6.51. The van der Waals surface area contributed by atoms with Gasteiger partial charge in [0.15, 0.2) is 0 Å². The van der Waals surface area contributed by atoms with Crippen molar-refractivity contribution in [1.29, 1.82) is 0 Å². The van der Waals surface area contributed by atoms with Crippen molar-refractivity contribution in [2.45, 2.75) is 0 Å². The van der Waals surface area contributed by atoms with Gasteiger partial charge < -0.3 is 14.2 Å². The highest BCUT2D eigenvalue weighted by Gasteiger charge is 2.19. The van der Waals surface area contributed by atoms with E-state index in [4.69, 9.17) is 4.42 Å². The first-order valence-electron chi connectivity index (χ1n) is 20.1. The first-order valence-corrected chi connectivity index (χ1v) is 20.1. The van der Waals surface area contributed by atoms with Crippen molar-refractivity contribution in [2.75, 3.05) is 9.80 Å². The molecule has 0 saturated heterocycles. The Morgan fingerprint density at radius 3 is 1.51 bits per heavy atom. The molecule has 11 rings (SSSR count). The lowest BCUT2D eigenvalue weighted by molar-refractivity contribution is 0.669. The van der Waals surface area contributed by atoms with Gasteiger partial charge >= 0.3 is 0 Å². The van der Waals surface area contributed by atoms with Crippen LogP contribution in [0.4, 0.5) is 34.1 Å². The van der Waals surface area contributed by atoms with Crippen molar-refractivity contribution in [3.63, 3.8) is 0 Å². The van der Waals surface area contributed by atoms with E-state index >= 15 is 0 Å². The number of benzene rings is 10. The molecule has 0 fully saturated rings. The second kappa shape index (κ2) is 14.6. The average molecular weight is 755 g/mol. The molecule has 1 aromatic heterocycles. The first-order chi connectivity index (χ1) is 29.2. The summed E-state index contributed by atoms with van der Waals surface area (Å²) in [4.78, 5) is 4.66. The molecule has 0 N–H and O–H groups in total. The van der Waals surface area contributed by atoms with Gasteiger partial charge in [-0.3, -0.25) is 0 Å². The van der Waals surface area contributed by atoms with E-state index in [1.807, 2.05) is 0 Å². The van der Waals surface area contributed by atoms with Crippen molar-refractivity contribution in [3.8, 4) is 22.3 Å². The van der Waals surface area contributed by atoms with Gasteiger partial charge in [0.1, 0.15) is 11.2 Å². The maximum Gasteiger partial charge on any atom is 0.137 e. The van der Waals surface area contributed by atoms with Crippen LogP contribution in [0, 0.1) is 0 Å². The minimum atomic E-state index is 0.870. The van der Waals surface area contributed by atoms with E-state index in [0.717, 1.165) is 67.2 Å². The molecular formula is C56H38N2O. The van der Waals surface area contributed by atoms with Crippen LogP contribution < -0.4 is 9.80 Å². The van der Waals surface area contributed by atoms with Gasteiger partial charge in [-0.25, -0.2) is 0 Å². The van der Waals surface area contributed by atoms with Crippen molar-refractivity contribution >= 4 is 77.6 Å². The third-order valence-electron chi connectivity index (χ3n) is 11.4. The highest BCUT2D eigenvalue weighted by atomic mass is 16.3. The SMILES string of the molecule is c1ccc(-c2ccc(N(c3ccccc3)c3cccc4ccc(-c5ccc(N(c6ccccc6)c6ccc7c(c6)oc6ccc8ccccc8c67)cc5)cc34)cc2)cc1. The highest BCUT2D eigenvalue weighted by Crippen LogP contribution is 2.43. The largest absolute Gasteiger partial charge is 0.456 e. The van der Waals surface area contributed by atoms with E-state index in [-0.39, 0.29) is 0 Å². The second-order valence-corrected chi connectivity index (χ2v) is 15.0. The maximum atomic E-state index is 6.51. The molecule has 0 saturated carbocycles. The van der Waals surface area contributed by atoms with E-state index in [2.05, 4.69) is 240 Å². The molecule has 0 aliphatic heterocycles. The number of anilines is 6. The molecule has 0 bridgehead atoms. The summed E-state index contributed by atoms with van der Waals surface area (Å²) in [7, 11) is 0. The minimum Gasteiger partial charge on any atom is -0.456 e. The van der Waals surface area contributed by atoms with Crippen LogP contribution in [0.5, 0.6) is 0 Å². The summed E-state index contributed by atoms with van der Waals surface area (Å²) in [5.41, 5.74) is 13.0. The zero-order chi connectivity index (χ0) is 39.1. The Morgan fingerprint density at radius 2 is 0.780 bits per heavy atom. The molecule has 0 unspecified atom stereocenters. The van der Waals surface area contributed by atoms with Crippen LogP contribution in [0.15, 0.2) is 235 Å². The van der Waals surface area contributed by atoms with E-state index in [1.165, 1.54) is 32.7 Å². The van der Waals surface area contributed by atoms with Crippen LogP contribution in [-0.4, -0.2) is 0 Å². The molecule has 1 heterocycles. The summed E-state index contributed by atoms with van der Waals surface area (Å²) in [6, 6.07) is 82.3. The molecule has 59 heavy (non-hydrogen) atoms. The van der Waals surface area contributed by atoms with Gasteiger partial charge in [0.25, 0.3) is 0 Å². The van der Waals surface area contributed by atoms with Crippen molar-refractivity contribution in [3.05, 3.63) is 231 Å².